The van der Waals surface area contributed by atoms with Gasteiger partial charge in [-0.25, -0.2) is 4.98 Å². The molecule has 2 aromatic heterocycles. The predicted octanol–water partition coefficient (Wildman–Crippen LogP) is 5.59. The number of carbonyl (C=O) groups is 1. The van der Waals surface area contributed by atoms with Gasteiger partial charge in [0.05, 0.1) is 23.1 Å². The first-order chi connectivity index (χ1) is 17.1. The van der Waals surface area contributed by atoms with Crippen LogP contribution in [-0.4, -0.2) is 32.0 Å². The minimum Gasteiger partial charge on any atom is -0.487 e. The van der Waals surface area contributed by atoms with E-state index in [1.165, 1.54) is 12.1 Å². The fourth-order valence-corrected chi connectivity index (χ4v) is 3.78. The molecule has 2 heterocycles. The zero-order chi connectivity index (χ0) is 25.9. The van der Waals surface area contributed by atoms with Gasteiger partial charge in [0.15, 0.2) is 0 Å². The second-order valence-electron chi connectivity index (χ2n) is 8.41. The molecule has 0 aliphatic carbocycles. The van der Waals surface area contributed by atoms with Crippen molar-refractivity contribution in [1.29, 1.82) is 0 Å². The number of alkyl halides is 3. The van der Waals surface area contributed by atoms with Crippen LogP contribution < -0.4 is 9.47 Å². The standard InChI is InChI=1S/C26H24F3N3O4/c1-16-3-5-19(30-13-16)15-35-20-7-8-22-23(12-20)32(24(31-22)9-10-25(33)34)14-18-4-6-21(11-17(18)2)36-26(27,28)29/h3-8,11-13H,9-10,14-15H2,1-2H3,(H,33,34). The van der Waals surface area contributed by atoms with Gasteiger partial charge in [-0.15, -0.1) is 13.2 Å². The number of imidazole rings is 1. The molecule has 0 amide bonds. The van der Waals surface area contributed by atoms with E-state index in [1.54, 1.807) is 31.3 Å². The number of aryl methyl sites for hydroxylation is 3. The van der Waals surface area contributed by atoms with Crippen LogP contribution in [-0.2, 0) is 24.4 Å². The van der Waals surface area contributed by atoms with Gasteiger partial charge in [0.25, 0.3) is 0 Å². The fourth-order valence-electron chi connectivity index (χ4n) is 3.78. The molecule has 188 valence electrons. The number of halogens is 3. The maximum absolute atomic E-state index is 12.6. The van der Waals surface area contributed by atoms with Crippen LogP contribution in [0.15, 0.2) is 54.7 Å². The zero-order valence-electron chi connectivity index (χ0n) is 19.7. The number of hydrogen-bond acceptors (Lipinski definition) is 5. The van der Waals surface area contributed by atoms with Gasteiger partial charge in [-0.3, -0.25) is 9.78 Å². The molecule has 7 nitrogen and oxygen atoms in total. The van der Waals surface area contributed by atoms with Crippen LogP contribution in [0.5, 0.6) is 11.5 Å². The Hall–Kier alpha value is -4.08. The molecular weight excluding hydrogens is 475 g/mol. The molecule has 0 spiro atoms. The third-order valence-corrected chi connectivity index (χ3v) is 5.60. The molecule has 0 unspecified atom stereocenters. The summed E-state index contributed by atoms with van der Waals surface area (Å²) in [5, 5.41) is 9.17. The minimum absolute atomic E-state index is 0.108. The minimum atomic E-state index is -4.77. The summed E-state index contributed by atoms with van der Waals surface area (Å²) in [5.74, 6) is -0.111. The SMILES string of the molecule is Cc1ccc(COc2ccc3nc(CCC(=O)O)n(Cc4ccc(OC(F)(F)F)cc4C)c3c2)nc1. The monoisotopic (exact) mass is 499 g/mol. The van der Waals surface area contributed by atoms with E-state index in [1.807, 2.05) is 29.7 Å². The third kappa shape index (κ3) is 6.32. The lowest BCUT2D eigenvalue weighted by atomic mass is 10.1. The lowest BCUT2D eigenvalue weighted by Gasteiger charge is -2.14. The van der Waals surface area contributed by atoms with Crippen LogP contribution in [0.3, 0.4) is 0 Å². The molecule has 4 aromatic rings. The van der Waals surface area contributed by atoms with Crippen molar-refractivity contribution in [2.45, 2.75) is 46.2 Å². The third-order valence-electron chi connectivity index (χ3n) is 5.60. The molecule has 36 heavy (non-hydrogen) atoms. The van der Waals surface area contributed by atoms with Crippen LogP contribution in [0.2, 0.25) is 0 Å². The highest BCUT2D eigenvalue weighted by Gasteiger charge is 2.31. The summed E-state index contributed by atoms with van der Waals surface area (Å²) in [7, 11) is 0. The highest BCUT2D eigenvalue weighted by atomic mass is 19.4. The fraction of sp³-hybridized carbons (Fsp3) is 0.269. The number of fused-ring (bicyclic) bond motifs is 1. The molecule has 0 saturated carbocycles. The largest absolute Gasteiger partial charge is 0.573 e. The number of aliphatic carboxylic acids is 1. The number of benzene rings is 2. The second kappa shape index (κ2) is 10.3. The molecule has 0 radical (unpaired) electrons. The maximum atomic E-state index is 12.6. The summed E-state index contributed by atoms with van der Waals surface area (Å²) >= 11 is 0. The molecule has 4 rings (SSSR count). The topological polar surface area (TPSA) is 86.5 Å². The van der Waals surface area contributed by atoms with Gasteiger partial charge in [0, 0.05) is 25.2 Å². The van der Waals surface area contributed by atoms with Crippen LogP contribution in [0.25, 0.3) is 11.0 Å². The van der Waals surface area contributed by atoms with Crippen molar-refractivity contribution in [3.05, 3.63) is 82.9 Å². The molecular formula is C26H24F3N3O4. The molecule has 1 N–H and O–H groups in total. The average Bonchev–Trinajstić information content (AvgIpc) is 3.14. The van der Waals surface area contributed by atoms with E-state index < -0.39 is 12.3 Å². The number of hydrogen-bond donors (Lipinski definition) is 1. The Labute approximate surface area is 205 Å². The van der Waals surface area contributed by atoms with Gasteiger partial charge in [-0.2, -0.15) is 0 Å². The second-order valence-corrected chi connectivity index (χ2v) is 8.41. The molecule has 0 bridgehead atoms. The normalized spacial score (nSPS) is 11.6. The Bertz CT molecular complexity index is 1380. The van der Waals surface area contributed by atoms with E-state index in [0.717, 1.165) is 22.3 Å². The van der Waals surface area contributed by atoms with E-state index in [0.29, 0.717) is 22.7 Å². The van der Waals surface area contributed by atoms with Crippen LogP contribution in [0, 0.1) is 13.8 Å². The zero-order valence-corrected chi connectivity index (χ0v) is 19.7. The van der Waals surface area contributed by atoms with Crippen molar-refractivity contribution in [1.82, 2.24) is 14.5 Å². The van der Waals surface area contributed by atoms with Crippen LogP contribution in [0.4, 0.5) is 13.2 Å². The van der Waals surface area contributed by atoms with Gasteiger partial charge in [0.1, 0.15) is 23.9 Å². The summed E-state index contributed by atoms with van der Waals surface area (Å²) in [6.45, 7) is 4.20. The lowest BCUT2D eigenvalue weighted by molar-refractivity contribution is -0.274. The summed E-state index contributed by atoms with van der Waals surface area (Å²) in [5.41, 5.74) is 4.54. The Kier molecular flexibility index (Phi) is 7.14. The number of pyridine rings is 1. The number of nitrogens with zero attached hydrogens (tertiary/aromatic N) is 3. The quantitative estimate of drug-likeness (QED) is 0.323. The van der Waals surface area contributed by atoms with E-state index in [2.05, 4.69) is 14.7 Å². The highest BCUT2D eigenvalue weighted by Crippen LogP contribution is 2.28. The number of ether oxygens (including phenoxy) is 2. The first-order valence-electron chi connectivity index (χ1n) is 11.2. The molecule has 0 fully saturated rings. The van der Waals surface area contributed by atoms with Crippen molar-refractivity contribution < 1.29 is 32.5 Å². The van der Waals surface area contributed by atoms with Crippen LogP contribution >= 0.6 is 0 Å². The van der Waals surface area contributed by atoms with E-state index >= 15 is 0 Å². The van der Waals surface area contributed by atoms with Crippen molar-refractivity contribution >= 4 is 17.0 Å². The molecule has 0 saturated heterocycles. The first kappa shape index (κ1) is 25.0. The smallest absolute Gasteiger partial charge is 0.487 e. The summed E-state index contributed by atoms with van der Waals surface area (Å²) in [4.78, 5) is 20.1. The summed E-state index contributed by atoms with van der Waals surface area (Å²) < 4.78 is 49.5. The highest BCUT2D eigenvalue weighted by molar-refractivity contribution is 5.78. The van der Waals surface area contributed by atoms with Crippen LogP contribution in [0.1, 0.15) is 34.6 Å². The van der Waals surface area contributed by atoms with Gasteiger partial charge in [0.2, 0.25) is 0 Å². The number of aromatic nitrogens is 3. The first-order valence-corrected chi connectivity index (χ1v) is 11.2. The Morgan fingerprint density at radius 1 is 1.06 bits per heavy atom. The number of carboxylic acid groups (broad SMARTS) is 1. The van der Waals surface area contributed by atoms with Gasteiger partial charge < -0.3 is 19.1 Å². The van der Waals surface area contributed by atoms with Gasteiger partial charge in [-0.1, -0.05) is 12.1 Å². The molecule has 0 aliphatic rings. The maximum Gasteiger partial charge on any atom is 0.573 e. The van der Waals surface area contributed by atoms with Crippen molar-refractivity contribution in [2.75, 3.05) is 0 Å². The van der Waals surface area contributed by atoms with Gasteiger partial charge in [-0.05, 0) is 60.9 Å². The summed E-state index contributed by atoms with van der Waals surface area (Å²) in [6, 6.07) is 13.4. The molecule has 2 aromatic carbocycles. The molecule has 0 aliphatic heterocycles. The van der Waals surface area contributed by atoms with E-state index in [9.17, 15) is 18.0 Å². The van der Waals surface area contributed by atoms with Gasteiger partial charge >= 0.3 is 12.3 Å². The average molecular weight is 499 g/mol. The molecule has 10 heteroatoms. The Morgan fingerprint density at radius 2 is 1.83 bits per heavy atom. The number of carboxylic acids is 1. The van der Waals surface area contributed by atoms with E-state index in [-0.39, 0.29) is 31.7 Å². The predicted molar refractivity (Wildman–Crippen MR) is 126 cm³/mol. The number of rotatable bonds is 9. The van der Waals surface area contributed by atoms with E-state index in [4.69, 9.17) is 9.84 Å². The van der Waals surface area contributed by atoms with Crippen molar-refractivity contribution in [2.24, 2.45) is 0 Å². The Balaban J connectivity index is 1.64. The lowest BCUT2D eigenvalue weighted by Crippen LogP contribution is -2.17. The van der Waals surface area contributed by atoms with Crippen molar-refractivity contribution in [3.63, 3.8) is 0 Å². The molecule has 0 atom stereocenters. The Morgan fingerprint density at radius 3 is 2.50 bits per heavy atom. The van der Waals surface area contributed by atoms with Crippen molar-refractivity contribution in [3.8, 4) is 11.5 Å². The summed E-state index contributed by atoms with van der Waals surface area (Å²) in [6.07, 6.45) is -2.92.